The Hall–Kier alpha value is -2.73. The van der Waals surface area contributed by atoms with E-state index in [1.807, 2.05) is 42.5 Å². The lowest BCUT2D eigenvalue weighted by Crippen LogP contribution is -2.52. The third-order valence-electron chi connectivity index (χ3n) is 4.74. The number of para-hydroxylation sites is 1. The molecule has 2 atom stereocenters. The van der Waals surface area contributed by atoms with Gasteiger partial charge in [-0.25, -0.2) is 0 Å². The van der Waals surface area contributed by atoms with E-state index in [0.29, 0.717) is 13.0 Å². The number of nitrogens with one attached hydrogen (secondary N) is 2. The van der Waals surface area contributed by atoms with Crippen molar-refractivity contribution in [2.24, 2.45) is 0 Å². The van der Waals surface area contributed by atoms with E-state index in [1.165, 1.54) is 0 Å². The number of nitrogens with zero attached hydrogens (tertiary/aromatic N) is 2. The van der Waals surface area contributed by atoms with Crippen LogP contribution < -0.4 is 15.5 Å². The van der Waals surface area contributed by atoms with Crippen molar-refractivity contribution in [1.82, 2.24) is 15.6 Å². The Bertz CT molecular complexity index is 778. The smallest absolute Gasteiger partial charge is 0.249 e. The summed E-state index contributed by atoms with van der Waals surface area (Å²) in [4.78, 5) is 31.6. The molecule has 2 amide bonds. The summed E-state index contributed by atoms with van der Waals surface area (Å²) in [6, 6.07) is 12.7. The van der Waals surface area contributed by atoms with Crippen LogP contribution in [0.2, 0.25) is 0 Å². The van der Waals surface area contributed by atoms with Crippen molar-refractivity contribution in [1.29, 1.82) is 0 Å². The molecule has 1 aliphatic rings. The number of hydrogen-bond donors (Lipinski definition) is 2. The molecule has 0 spiro atoms. The fourth-order valence-corrected chi connectivity index (χ4v) is 3.09. The largest absolute Gasteiger partial charge is 0.343 e. The van der Waals surface area contributed by atoms with Gasteiger partial charge in [-0.2, -0.15) is 0 Å². The summed E-state index contributed by atoms with van der Waals surface area (Å²) in [5, 5.41) is 5.80. The molecule has 0 saturated heterocycles. The average molecular weight is 352 g/mol. The zero-order chi connectivity index (χ0) is 18.5. The fraction of sp³-hybridized carbons (Fsp3) is 0.350. The molecule has 0 radical (unpaired) electrons. The standard InChI is InChI=1S/C20H24N4O2/c1-14(21-2)19(25)23-17-11-10-15-7-3-4-9-18(15)24(20(17)26)13-16-8-5-6-12-22-16/h3-9,12,14,17,21H,10-11,13H2,1-2H3,(H,23,25)/t14-,17-/m0/s1. The third-order valence-corrected chi connectivity index (χ3v) is 4.74. The Morgan fingerprint density at radius 2 is 2.04 bits per heavy atom. The summed E-state index contributed by atoms with van der Waals surface area (Å²) < 4.78 is 0. The molecule has 1 aromatic heterocycles. The topological polar surface area (TPSA) is 74.3 Å². The number of carbonyl (C=O) groups excluding carboxylic acids is 2. The third kappa shape index (κ3) is 3.91. The average Bonchev–Trinajstić information content (AvgIpc) is 2.80. The van der Waals surface area contributed by atoms with Crippen molar-refractivity contribution < 1.29 is 9.59 Å². The van der Waals surface area contributed by atoms with Gasteiger partial charge in [-0.3, -0.25) is 14.6 Å². The van der Waals surface area contributed by atoms with Gasteiger partial charge >= 0.3 is 0 Å². The van der Waals surface area contributed by atoms with Gasteiger partial charge in [-0.05, 0) is 50.6 Å². The minimum atomic E-state index is -0.547. The highest BCUT2D eigenvalue weighted by atomic mass is 16.2. The Balaban J connectivity index is 1.89. The summed E-state index contributed by atoms with van der Waals surface area (Å²) in [7, 11) is 1.72. The number of aryl methyl sites for hydroxylation is 1. The molecule has 136 valence electrons. The molecule has 6 nitrogen and oxygen atoms in total. The molecule has 1 aliphatic heterocycles. The molecule has 6 heteroatoms. The van der Waals surface area contributed by atoms with Gasteiger partial charge in [0.15, 0.2) is 0 Å². The number of amides is 2. The number of carbonyl (C=O) groups is 2. The van der Waals surface area contributed by atoms with Crippen LogP contribution in [0.15, 0.2) is 48.7 Å². The van der Waals surface area contributed by atoms with Crippen LogP contribution in [0.25, 0.3) is 0 Å². The van der Waals surface area contributed by atoms with Gasteiger partial charge in [0.05, 0.1) is 18.3 Å². The van der Waals surface area contributed by atoms with Crippen LogP contribution in [0, 0.1) is 0 Å². The number of fused-ring (bicyclic) bond motifs is 1. The summed E-state index contributed by atoms with van der Waals surface area (Å²) in [5.74, 6) is -0.271. The molecule has 3 rings (SSSR count). The van der Waals surface area contributed by atoms with Crippen molar-refractivity contribution in [2.75, 3.05) is 11.9 Å². The molecule has 2 N–H and O–H groups in total. The molecule has 0 aliphatic carbocycles. The van der Waals surface area contributed by atoms with Crippen LogP contribution in [-0.4, -0.2) is 35.9 Å². The molecule has 0 unspecified atom stereocenters. The lowest BCUT2D eigenvalue weighted by atomic mass is 10.1. The monoisotopic (exact) mass is 352 g/mol. The van der Waals surface area contributed by atoms with Gasteiger partial charge in [0.1, 0.15) is 6.04 Å². The minimum absolute atomic E-state index is 0.0998. The van der Waals surface area contributed by atoms with Crippen LogP contribution >= 0.6 is 0 Å². The minimum Gasteiger partial charge on any atom is -0.343 e. The van der Waals surface area contributed by atoms with E-state index in [-0.39, 0.29) is 17.9 Å². The fourth-order valence-electron chi connectivity index (χ4n) is 3.09. The van der Waals surface area contributed by atoms with Crippen molar-refractivity contribution in [3.63, 3.8) is 0 Å². The van der Waals surface area contributed by atoms with Gasteiger partial charge in [0, 0.05) is 11.9 Å². The van der Waals surface area contributed by atoms with E-state index in [0.717, 1.165) is 23.4 Å². The number of pyridine rings is 1. The van der Waals surface area contributed by atoms with Crippen LogP contribution in [0.4, 0.5) is 5.69 Å². The lowest BCUT2D eigenvalue weighted by molar-refractivity contribution is -0.128. The van der Waals surface area contributed by atoms with Gasteiger partial charge < -0.3 is 15.5 Å². The second-order valence-electron chi connectivity index (χ2n) is 6.48. The normalized spacial score (nSPS) is 18.0. The number of aromatic nitrogens is 1. The van der Waals surface area contributed by atoms with Gasteiger partial charge in [0.25, 0.3) is 0 Å². The first kappa shape index (κ1) is 18.1. The van der Waals surface area contributed by atoms with Crippen LogP contribution in [-0.2, 0) is 22.6 Å². The van der Waals surface area contributed by atoms with Gasteiger partial charge in [-0.15, -0.1) is 0 Å². The zero-order valence-electron chi connectivity index (χ0n) is 15.1. The predicted octanol–water partition coefficient (Wildman–Crippen LogP) is 1.65. The molecule has 0 saturated carbocycles. The van der Waals surface area contributed by atoms with E-state index in [1.54, 1.807) is 25.1 Å². The molecule has 2 aromatic rings. The molecule has 0 fully saturated rings. The first-order valence-electron chi connectivity index (χ1n) is 8.87. The SMILES string of the molecule is CN[C@@H](C)C(=O)N[C@H]1CCc2ccccc2N(Cc2ccccn2)C1=O. The van der Waals surface area contributed by atoms with E-state index in [9.17, 15) is 9.59 Å². The van der Waals surface area contributed by atoms with Crippen molar-refractivity contribution >= 4 is 17.5 Å². The summed E-state index contributed by atoms with van der Waals surface area (Å²) in [6.45, 7) is 2.15. The van der Waals surface area contributed by atoms with E-state index >= 15 is 0 Å². The van der Waals surface area contributed by atoms with Gasteiger partial charge in [0.2, 0.25) is 11.8 Å². The number of hydrogen-bond acceptors (Lipinski definition) is 4. The zero-order valence-corrected chi connectivity index (χ0v) is 15.1. The second-order valence-corrected chi connectivity index (χ2v) is 6.48. The molecule has 26 heavy (non-hydrogen) atoms. The Morgan fingerprint density at radius 1 is 1.27 bits per heavy atom. The first-order valence-corrected chi connectivity index (χ1v) is 8.87. The van der Waals surface area contributed by atoms with Gasteiger partial charge in [-0.1, -0.05) is 24.3 Å². The molecule has 2 heterocycles. The van der Waals surface area contributed by atoms with Crippen LogP contribution in [0.5, 0.6) is 0 Å². The Morgan fingerprint density at radius 3 is 2.77 bits per heavy atom. The Labute approximate surface area is 153 Å². The molecular formula is C20H24N4O2. The van der Waals surface area contributed by atoms with Crippen molar-refractivity contribution in [2.45, 2.75) is 38.4 Å². The van der Waals surface area contributed by atoms with E-state index < -0.39 is 6.04 Å². The van der Waals surface area contributed by atoms with Crippen LogP contribution in [0.3, 0.4) is 0 Å². The maximum atomic E-state index is 13.2. The predicted molar refractivity (Wildman–Crippen MR) is 101 cm³/mol. The van der Waals surface area contributed by atoms with E-state index in [4.69, 9.17) is 0 Å². The number of likely N-dealkylation sites (N-methyl/N-ethyl adjacent to an activating group) is 1. The second kappa shape index (κ2) is 8.10. The maximum Gasteiger partial charge on any atom is 0.249 e. The van der Waals surface area contributed by atoms with E-state index in [2.05, 4.69) is 15.6 Å². The number of rotatable bonds is 5. The highest BCUT2D eigenvalue weighted by molar-refractivity contribution is 6.00. The summed E-state index contributed by atoms with van der Waals surface area (Å²) >= 11 is 0. The quantitative estimate of drug-likeness (QED) is 0.858. The molecule has 0 bridgehead atoms. The Kier molecular flexibility index (Phi) is 5.63. The number of anilines is 1. The highest BCUT2D eigenvalue weighted by Crippen LogP contribution is 2.28. The number of benzene rings is 1. The first-order chi connectivity index (χ1) is 12.6. The highest BCUT2D eigenvalue weighted by Gasteiger charge is 2.32. The van der Waals surface area contributed by atoms with Crippen LogP contribution in [0.1, 0.15) is 24.6 Å². The van der Waals surface area contributed by atoms with Crippen molar-refractivity contribution in [3.05, 3.63) is 59.9 Å². The van der Waals surface area contributed by atoms with Crippen molar-refractivity contribution in [3.8, 4) is 0 Å². The summed E-state index contributed by atoms with van der Waals surface area (Å²) in [6.07, 6.45) is 3.04. The summed E-state index contributed by atoms with van der Waals surface area (Å²) in [5.41, 5.74) is 2.81. The maximum absolute atomic E-state index is 13.2. The molecular weight excluding hydrogens is 328 g/mol. The molecule has 1 aromatic carbocycles. The lowest BCUT2D eigenvalue weighted by Gasteiger charge is -2.26.